The molecule has 6 nitrogen and oxygen atoms in total. The van der Waals surface area contributed by atoms with Crippen molar-refractivity contribution in [2.24, 2.45) is 5.73 Å². The number of piperidine rings is 1. The van der Waals surface area contributed by atoms with Crippen LogP contribution in [0.25, 0.3) is 0 Å². The van der Waals surface area contributed by atoms with Gasteiger partial charge < -0.3 is 15.5 Å². The number of likely N-dealkylation sites (tertiary alicyclic amines) is 1. The molecule has 0 spiro atoms. The maximum atomic E-state index is 12.3. The molecule has 130 valence electrons. The second-order valence-electron chi connectivity index (χ2n) is 5.79. The van der Waals surface area contributed by atoms with Crippen LogP contribution in [0.15, 0.2) is 0 Å². The smallest absolute Gasteiger partial charge is 0.236 e. The average Bonchev–Trinajstić information content (AvgIpc) is 2.47. The minimum absolute atomic E-state index is 0. The van der Waals surface area contributed by atoms with E-state index in [-0.39, 0.29) is 43.2 Å². The van der Waals surface area contributed by atoms with Gasteiger partial charge in [-0.3, -0.25) is 14.5 Å². The monoisotopic (exact) mass is 354 g/mol. The Morgan fingerprint density at radius 3 is 2.18 bits per heavy atom. The molecule has 2 heterocycles. The van der Waals surface area contributed by atoms with Crippen LogP contribution in [-0.4, -0.2) is 78.4 Å². The molecular weight excluding hydrogens is 327 g/mol. The van der Waals surface area contributed by atoms with Crippen molar-refractivity contribution in [3.8, 4) is 0 Å². The molecule has 0 saturated carbocycles. The van der Waals surface area contributed by atoms with Crippen LogP contribution in [0.2, 0.25) is 0 Å². The molecule has 2 aliphatic heterocycles. The third-order valence-electron chi connectivity index (χ3n) is 4.38. The van der Waals surface area contributed by atoms with Crippen molar-refractivity contribution in [3.63, 3.8) is 0 Å². The van der Waals surface area contributed by atoms with Gasteiger partial charge >= 0.3 is 0 Å². The molecule has 0 aromatic carbocycles. The third-order valence-corrected chi connectivity index (χ3v) is 4.38. The largest absolute Gasteiger partial charge is 0.339 e. The lowest BCUT2D eigenvalue weighted by molar-refractivity contribution is -0.137. The van der Waals surface area contributed by atoms with Crippen molar-refractivity contribution in [1.29, 1.82) is 0 Å². The molecule has 0 aromatic rings. The number of halogens is 2. The van der Waals surface area contributed by atoms with Crippen molar-refractivity contribution in [2.45, 2.75) is 32.2 Å². The second kappa shape index (κ2) is 10.3. The summed E-state index contributed by atoms with van der Waals surface area (Å²) in [6.45, 7) is 6.47. The number of hydrogen-bond donors (Lipinski definition) is 1. The van der Waals surface area contributed by atoms with E-state index < -0.39 is 0 Å². The first-order valence-electron chi connectivity index (χ1n) is 7.61. The first-order valence-corrected chi connectivity index (χ1v) is 7.61. The van der Waals surface area contributed by atoms with E-state index in [4.69, 9.17) is 5.73 Å². The van der Waals surface area contributed by atoms with E-state index in [0.717, 1.165) is 32.5 Å². The maximum Gasteiger partial charge on any atom is 0.236 e. The fraction of sp³-hybridized carbons (Fsp3) is 0.857. The predicted octanol–water partition coefficient (Wildman–Crippen LogP) is 0.334. The van der Waals surface area contributed by atoms with E-state index in [0.29, 0.717) is 25.7 Å². The van der Waals surface area contributed by atoms with Crippen LogP contribution in [0.5, 0.6) is 0 Å². The molecule has 1 atom stereocenters. The summed E-state index contributed by atoms with van der Waals surface area (Å²) in [5.74, 6) is 0.233. The number of nitrogens with zero attached hydrogens (tertiary/aromatic N) is 3. The van der Waals surface area contributed by atoms with Crippen LogP contribution < -0.4 is 5.73 Å². The molecule has 0 aliphatic carbocycles. The molecule has 2 amide bonds. The zero-order chi connectivity index (χ0) is 14.5. The normalized spacial score (nSPS) is 22.5. The summed E-state index contributed by atoms with van der Waals surface area (Å²) < 4.78 is 0. The van der Waals surface area contributed by atoms with E-state index in [1.54, 1.807) is 4.90 Å². The summed E-state index contributed by atoms with van der Waals surface area (Å²) in [5, 5.41) is 0. The van der Waals surface area contributed by atoms with Gasteiger partial charge in [-0.1, -0.05) is 0 Å². The SMILES string of the molecule is CC1CCCCN1C(=O)CN1CCN(C(=O)CN)CC1.Cl.Cl. The molecule has 8 heteroatoms. The number of nitrogens with two attached hydrogens (primary N) is 1. The number of piperazine rings is 1. The average molecular weight is 355 g/mol. The molecule has 0 bridgehead atoms. The molecular formula is C14H28Cl2N4O2. The summed E-state index contributed by atoms with van der Waals surface area (Å²) in [6, 6.07) is 0.372. The maximum absolute atomic E-state index is 12.3. The van der Waals surface area contributed by atoms with Crippen molar-refractivity contribution >= 4 is 36.6 Å². The molecule has 2 saturated heterocycles. The highest BCUT2D eigenvalue weighted by molar-refractivity contribution is 5.85. The number of hydrogen-bond acceptors (Lipinski definition) is 4. The molecule has 22 heavy (non-hydrogen) atoms. The molecule has 2 aliphatic rings. The van der Waals surface area contributed by atoms with Gasteiger partial charge in [0.05, 0.1) is 13.1 Å². The zero-order valence-electron chi connectivity index (χ0n) is 13.2. The topological polar surface area (TPSA) is 69.9 Å². The van der Waals surface area contributed by atoms with Crippen LogP contribution in [-0.2, 0) is 9.59 Å². The summed E-state index contributed by atoms with van der Waals surface area (Å²) in [4.78, 5) is 29.8. The van der Waals surface area contributed by atoms with Gasteiger partial charge in [0.25, 0.3) is 0 Å². The number of rotatable bonds is 3. The standard InChI is InChI=1S/C14H26N4O2.2ClH/c1-12-4-2-3-5-18(12)14(20)11-16-6-8-17(9-7-16)13(19)10-15;;/h12H,2-11,15H2,1H3;2*1H. The van der Waals surface area contributed by atoms with Crippen LogP contribution in [0.1, 0.15) is 26.2 Å². The van der Waals surface area contributed by atoms with Crippen LogP contribution in [0.4, 0.5) is 0 Å². The summed E-state index contributed by atoms with van der Waals surface area (Å²) in [7, 11) is 0. The van der Waals surface area contributed by atoms with Crippen molar-refractivity contribution in [3.05, 3.63) is 0 Å². The Morgan fingerprint density at radius 2 is 1.64 bits per heavy atom. The Bertz CT molecular complexity index is 363. The lowest BCUT2D eigenvalue weighted by Crippen LogP contribution is -2.53. The van der Waals surface area contributed by atoms with Gasteiger partial charge in [-0.15, -0.1) is 24.8 Å². The van der Waals surface area contributed by atoms with Gasteiger partial charge in [-0.2, -0.15) is 0 Å². The highest BCUT2D eigenvalue weighted by Gasteiger charge is 2.26. The van der Waals surface area contributed by atoms with E-state index >= 15 is 0 Å². The molecule has 2 fully saturated rings. The molecule has 2 N–H and O–H groups in total. The number of carbonyl (C=O) groups excluding carboxylic acids is 2. The lowest BCUT2D eigenvalue weighted by atomic mass is 10.0. The molecule has 2 rings (SSSR count). The summed E-state index contributed by atoms with van der Waals surface area (Å²) in [6.07, 6.45) is 3.46. The van der Waals surface area contributed by atoms with Gasteiger partial charge in [0.1, 0.15) is 0 Å². The Morgan fingerprint density at radius 1 is 1.00 bits per heavy atom. The third kappa shape index (κ3) is 5.57. The summed E-state index contributed by atoms with van der Waals surface area (Å²) in [5.41, 5.74) is 5.37. The Labute approximate surface area is 145 Å². The Balaban J connectivity index is 0.00000220. The molecule has 0 aromatic heterocycles. The number of carbonyl (C=O) groups is 2. The van der Waals surface area contributed by atoms with E-state index in [9.17, 15) is 9.59 Å². The first kappa shape index (κ1) is 21.4. The Hall–Kier alpha value is -0.560. The van der Waals surface area contributed by atoms with Gasteiger partial charge in [0.2, 0.25) is 11.8 Å². The Kier molecular flexibility index (Phi) is 10.00. The van der Waals surface area contributed by atoms with Crippen LogP contribution >= 0.6 is 24.8 Å². The summed E-state index contributed by atoms with van der Waals surface area (Å²) >= 11 is 0. The van der Waals surface area contributed by atoms with Gasteiger partial charge in [0.15, 0.2) is 0 Å². The van der Waals surface area contributed by atoms with Crippen molar-refractivity contribution in [2.75, 3.05) is 45.8 Å². The second-order valence-corrected chi connectivity index (χ2v) is 5.79. The minimum atomic E-state index is 0. The molecule has 1 unspecified atom stereocenters. The minimum Gasteiger partial charge on any atom is -0.339 e. The van der Waals surface area contributed by atoms with Crippen LogP contribution in [0.3, 0.4) is 0 Å². The van der Waals surface area contributed by atoms with Gasteiger partial charge in [-0.05, 0) is 26.2 Å². The fourth-order valence-electron chi connectivity index (χ4n) is 3.04. The fourth-order valence-corrected chi connectivity index (χ4v) is 3.04. The first-order chi connectivity index (χ1) is 9.61. The van der Waals surface area contributed by atoms with Crippen molar-refractivity contribution < 1.29 is 9.59 Å². The van der Waals surface area contributed by atoms with Crippen molar-refractivity contribution in [1.82, 2.24) is 14.7 Å². The van der Waals surface area contributed by atoms with Gasteiger partial charge in [0, 0.05) is 38.8 Å². The number of amides is 2. The zero-order valence-corrected chi connectivity index (χ0v) is 14.8. The van der Waals surface area contributed by atoms with Crippen LogP contribution in [0, 0.1) is 0 Å². The van der Waals surface area contributed by atoms with E-state index in [1.807, 2.05) is 4.90 Å². The lowest BCUT2D eigenvalue weighted by Gasteiger charge is -2.38. The predicted molar refractivity (Wildman–Crippen MR) is 91.6 cm³/mol. The van der Waals surface area contributed by atoms with E-state index in [2.05, 4.69) is 11.8 Å². The highest BCUT2D eigenvalue weighted by atomic mass is 35.5. The van der Waals surface area contributed by atoms with E-state index in [1.165, 1.54) is 6.42 Å². The molecule has 0 radical (unpaired) electrons. The van der Waals surface area contributed by atoms with Gasteiger partial charge in [-0.25, -0.2) is 0 Å². The quantitative estimate of drug-likeness (QED) is 0.792. The highest BCUT2D eigenvalue weighted by Crippen LogP contribution is 2.16.